The van der Waals surface area contributed by atoms with E-state index >= 15 is 0 Å². The van der Waals surface area contributed by atoms with Gasteiger partial charge in [0.1, 0.15) is 5.84 Å². The first-order chi connectivity index (χ1) is 18.1. The van der Waals surface area contributed by atoms with Crippen LogP contribution < -0.4 is 11.5 Å². The van der Waals surface area contributed by atoms with Gasteiger partial charge in [-0.25, -0.2) is 4.99 Å². The lowest BCUT2D eigenvalue weighted by Crippen LogP contribution is -2.28. The molecule has 2 heterocycles. The minimum absolute atomic E-state index is 0.398. The Labute approximate surface area is 222 Å². The molecule has 5 rings (SSSR count). The highest BCUT2D eigenvalue weighted by Gasteiger charge is 2.25. The van der Waals surface area contributed by atoms with Crippen LogP contribution in [0.2, 0.25) is 0 Å². The minimum atomic E-state index is 0.398. The van der Waals surface area contributed by atoms with Crippen molar-refractivity contribution >= 4 is 23.7 Å². The molecular formula is C32H42N4O. The Hall–Kier alpha value is -2.92. The van der Waals surface area contributed by atoms with Crippen LogP contribution in [0.15, 0.2) is 47.4 Å². The van der Waals surface area contributed by atoms with E-state index in [-0.39, 0.29) is 0 Å². The summed E-state index contributed by atoms with van der Waals surface area (Å²) in [5.41, 5.74) is 20.5. The molecule has 4 N–H and O–H groups in total. The van der Waals surface area contributed by atoms with E-state index in [1.54, 1.807) is 0 Å². The van der Waals surface area contributed by atoms with Crippen molar-refractivity contribution in [2.75, 3.05) is 18.9 Å². The predicted molar refractivity (Wildman–Crippen MR) is 155 cm³/mol. The molecule has 1 saturated heterocycles. The second-order valence-electron chi connectivity index (χ2n) is 11.2. The molecule has 2 aliphatic carbocycles. The molecule has 3 aliphatic rings. The van der Waals surface area contributed by atoms with E-state index in [1.807, 2.05) is 18.5 Å². The molecule has 0 bridgehead atoms. The maximum atomic E-state index is 6.64. The smallest absolute Gasteiger partial charge is 0.102 e. The SMILES string of the molecule is Cc1ccncc1-c1cc(N)c2c(c1)/C=C(/N=C(N)C1CCC(CCC3CCOCC3)CC1)CCC=C2. The second-order valence-corrected chi connectivity index (χ2v) is 11.2. The van der Waals surface area contributed by atoms with Crippen LogP contribution in [-0.2, 0) is 4.74 Å². The van der Waals surface area contributed by atoms with Crippen molar-refractivity contribution in [3.8, 4) is 11.1 Å². The number of rotatable bonds is 6. The summed E-state index contributed by atoms with van der Waals surface area (Å²) >= 11 is 0. The van der Waals surface area contributed by atoms with Gasteiger partial charge < -0.3 is 16.2 Å². The highest BCUT2D eigenvalue weighted by atomic mass is 16.5. The summed E-state index contributed by atoms with van der Waals surface area (Å²) in [6, 6.07) is 6.30. The molecule has 1 aromatic heterocycles. The Balaban J connectivity index is 1.28. The van der Waals surface area contributed by atoms with Crippen molar-refractivity contribution in [3.05, 3.63) is 59.1 Å². The van der Waals surface area contributed by atoms with E-state index < -0.39 is 0 Å². The third kappa shape index (κ3) is 6.51. The van der Waals surface area contributed by atoms with Crippen molar-refractivity contribution in [2.24, 2.45) is 28.5 Å². The van der Waals surface area contributed by atoms with Crippen LogP contribution in [0.3, 0.4) is 0 Å². The quantitative estimate of drug-likeness (QED) is 0.251. The summed E-state index contributed by atoms with van der Waals surface area (Å²) in [7, 11) is 0. The average Bonchev–Trinajstić information content (AvgIpc) is 2.90. The van der Waals surface area contributed by atoms with Gasteiger partial charge in [0.2, 0.25) is 0 Å². The molecule has 0 atom stereocenters. The maximum absolute atomic E-state index is 6.64. The second kappa shape index (κ2) is 12.1. The molecule has 196 valence electrons. The number of aromatic nitrogens is 1. The van der Waals surface area contributed by atoms with Crippen molar-refractivity contribution in [1.29, 1.82) is 0 Å². The van der Waals surface area contributed by atoms with Crippen LogP contribution >= 0.6 is 0 Å². The Kier molecular flexibility index (Phi) is 8.40. The monoisotopic (exact) mass is 498 g/mol. The zero-order valence-corrected chi connectivity index (χ0v) is 22.3. The number of hydrogen-bond acceptors (Lipinski definition) is 4. The molecule has 0 spiro atoms. The number of nitrogens with two attached hydrogens (primary N) is 2. The molecular weight excluding hydrogens is 456 g/mol. The van der Waals surface area contributed by atoms with Crippen molar-refractivity contribution < 1.29 is 4.74 Å². The molecule has 5 heteroatoms. The summed E-state index contributed by atoms with van der Waals surface area (Å²) in [5, 5.41) is 0. The molecule has 0 amide bonds. The minimum Gasteiger partial charge on any atom is -0.398 e. The largest absolute Gasteiger partial charge is 0.398 e. The molecule has 2 fully saturated rings. The normalized spacial score (nSPS) is 24.6. The van der Waals surface area contributed by atoms with Gasteiger partial charge in [-0.05, 0) is 111 Å². The zero-order chi connectivity index (χ0) is 25.6. The van der Waals surface area contributed by atoms with Crippen LogP contribution in [-0.4, -0.2) is 24.0 Å². The summed E-state index contributed by atoms with van der Waals surface area (Å²) in [5.74, 6) is 2.93. The van der Waals surface area contributed by atoms with Crippen LogP contribution in [0.25, 0.3) is 23.3 Å². The number of anilines is 1. The number of hydrogen-bond donors (Lipinski definition) is 2. The number of nitrogens with zero attached hydrogens (tertiary/aromatic N) is 2. The van der Waals surface area contributed by atoms with E-state index in [0.717, 1.165) is 90.2 Å². The van der Waals surface area contributed by atoms with E-state index in [1.165, 1.54) is 44.1 Å². The van der Waals surface area contributed by atoms with Gasteiger partial charge in [-0.2, -0.15) is 0 Å². The summed E-state index contributed by atoms with van der Waals surface area (Å²) < 4.78 is 5.52. The summed E-state index contributed by atoms with van der Waals surface area (Å²) in [4.78, 5) is 9.34. The van der Waals surface area contributed by atoms with Crippen LogP contribution in [0.5, 0.6) is 0 Å². The molecule has 1 saturated carbocycles. The van der Waals surface area contributed by atoms with Crippen molar-refractivity contribution in [1.82, 2.24) is 4.98 Å². The zero-order valence-electron chi connectivity index (χ0n) is 22.3. The number of ether oxygens (including phenoxy) is 1. The number of amidine groups is 1. The Morgan fingerprint density at radius 2 is 1.81 bits per heavy atom. The number of pyridine rings is 1. The lowest BCUT2D eigenvalue weighted by molar-refractivity contribution is 0.0610. The number of benzene rings is 1. The first kappa shape index (κ1) is 25.7. The van der Waals surface area contributed by atoms with Gasteiger partial charge in [-0.15, -0.1) is 0 Å². The maximum Gasteiger partial charge on any atom is 0.102 e. The molecule has 2 aromatic rings. The van der Waals surface area contributed by atoms with Gasteiger partial charge in [0, 0.05) is 54.0 Å². The van der Waals surface area contributed by atoms with Gasteiger partial charge in [-0.1, -0.05) is 25.0 Å². The summed E-state index contributed by atoms with van der Waals surface area (Å²) in [6.07, 6.45) is 22.2. The predicted octanol–water partition coefficient (Wildman–Crippen LogP) is 7.16. The van der Waals surface area contributed by atoms with Crippen molar-refractivity contribution in [3.63, 3.8) is 0 Å². The average molecular weight is 499 g/mol. The highest BCUT2D eigenvalue weighted by Crippen LogP contribution is 2.35. The van der Waals surface area contributed by atoms with E-state index in [4.69, 9.17) is 21.2 Å². The molecule has 1 aliphatic heterocycles. The van der Waals surface area contributed by atoms with Gasteiger partial charge in [0.15, 0.2) is 0 Å². The lowest BCUT2D eigenvalue weighted by atomic mass is 9.78. The van der Waals surface area contributed by atoms with E-state index in [2.05, 4.69) is 42.3 Å². The van der Waals surface area contributed by atoms with Gasteiger partial charge >= 0.3 is 0 Å². The Morgan fingerprint density at radius 3 is 2.57 bits per heavy atom. The van der Waals surface area contributed by atoms with Crippen molar-refractivity contribution in [2.45, 2.75) is 71.1 Å². The van der Waals surface area contributed by atoms with Crippen LogP contribution in [0.1, 0.15) is 80.9 Å². The fraction of sp³-hybridized carbons (Fsp3) is 0.500. The first-order valence-electron chi connectivity index (χ1n) is 14.2. The van der Waals surface area contributed by atoms with Crippen LogP contribution in [0.4, 0.5) is 5.69 Å². The Morgan fingerprint density at radius 1 is 1.05 bits per heavy atom. The molecule has 5 nitrogen and oxygen atoms in total. The number of fused-ring (bicyclic) bond motifs is 1. The highest BCUT2D eigenvalue weighted by molar-refractivity contribution is 5.86. The third-order valence-electron chi connectivity index (χ3n) is 8.63. The first-order valence-corrected chi connectivity index (χ1v) is 14.2. The van der Waals surface area contributed by atoms with Crippen LogP contribution in [0, 0.1) is 24.7 Å². The number of aryl methyl sites for hydroxylation is 1. The molecule has 37 heavy (non-hydrogen) atoms. The van der Waals surface area contributed by atoms with Gasteiger partial charge in [0.25, 0.3) is 0 Å². The molecule has 1 aromatic carbocycles. The topological polar surface area (TPSA) is 86.5 Å². The summed E-state index contributed by atoms with van der Waals surface area (Å²) in [6.45, 7) is 4.02. The number of nitrogen functional groups attached to an aromatic ring is 1. The third-order valence-corrected chi connectivity index (χ3v) is 8.63. The molecule has 0 radical (unpaired) electrons. The van der Waals surface area contributed by atoms with Gasteiger partial charge in [-0.3, -0.25) is 4.98 Å². The van der Waals surface area contributed by atoms with E-state index in [9.17, 15) is 0 Å². The Bertz CT molecular complexity index is 1170. The fourth-order valence-corrected chi connectivity index (χ4v) is 6.22. The molecule has 0 unspecified atom stereocenters. The van der Waals surface area contributed by atoms with E-state index in [0.29, 0.717) is 5.92 Å². The standard InChI is InChI=1S/C32H42N4O/c1-22-12-15-35-21-30(22)27-18-26-19-28(4-2-3-5-29(26)31(33)20-27)36-32(34)25-10-8-23(9-11-25)6-7-24-13-16-37-17-14-24/h3,5,12,15,18-21,23-25H,2,4,6-11,13-14,16-17,33H2,1H3,(H2,34,36)/b5-3?,28-19+. The number of aliphatic imine (C=N–C) groups is 1. The fourth-order valence-electron chi connectivity index (χ4n) is 6.22. The number of allylic oxidation sites excluding steroid dienone is 2. The lowest BCUT2D eigenvalue weighted by Gasteiger charge is -2.30. The van der Waals surface area contributed by atoms with Gasteiger partial charge in [0.05, 0.1) is 0 Å².